The quantitative estimate of drug-likeness (QED) is 0.348. The van der Waals surface area contributed by atoms with E-state index in [1.54, 1.807) is 0 Å². The van der Waals surface area contributed by atoms with Crippen LogP contribution in [0.1, 0.15) is 53.9 Å². The molecule has 7 nitrogen and oxygen atoms in total. The Balaban J connectivity index is 0.000000786. The first-order chi connectivity index (χ1) is 18.1. The molecule has 0 spiro atoms. The fourth-order valence-electron chi connectivity index (χ4n) is 4.86. The number of benzene rings is 3. The third-order valence-electron chi connectivity index (χ3n) is 6.86. The van der Waals surface area contributed by atoms with Gasteiger partial charge in [0, 0.05) is 0 Å². The molecule has 1 heterocycles. The molecular weight excluding hydrogens is 504 g/mol. The van der Waals surface area contributed by atoms with Crippen molar-refractivity contribution in [3.63, 3.8) is 0 Å². The van der Waals surface area contributed by atoms with Crippen molar-refractivity contribution >= 4 is 16.0 Å². The molecule has 0 aromatic heterocycles. The van der Waals surface area contributed by atoms with Gasteiger partial charge in [0.05, 0.1) is 11.5 Å². The van der Waals surface area contributed by atoms with E-state index in [-0.39, 0.29) is 17.6 Å². The second kappa shape index (κ2) is 11.9. The number of carbonyl (C=O) groups is 1. The summed E-state index contributed by atoms with van der Waals surface area (Å²) < 4.78 is 35.6. The molecule has 2 N–H and O–H groups in total. The third kappa shape index (κ3) is 7.74. The Labute approximate surface area is 224 Å². The number of sulfone groups is 1. The van der Waals surface area contributed by atoms with E-state index in [0.29, 0.717) is 19.4 Å². The minimum absolute atomic E-state index is 0.0352. The lowest BCUT2D eigenvalue weighted by Crippen LogP contribution is -2.30. The molecule has 8 heteroatoms. The molecule has 1 aliphatic heterocycles. The molecule has 3 aromatic rings. The van der Waals surface area contributed by atoms with Gasteiger partial charge in [0.1, 0.15) is 24.2 Å². The maximum absolute atomic E-state index is 11.7. The van der Waals surface area contributed by atoms with Crippen molar-refractivity contribution in [3.05, 3.63) is 82.9 Å². The molecule has 2 fully saturated rings. The van der Waals surface area contributed by atoms with Gasteiger partial charge in [0.15, 0.2) is 9.84 Å². The highest BCUT2D eigenvalue weighted by Gasteiger charge is 2.25. The maximum Gasteiger partial charge on any atom is 0.503 e. The summed E-state index contributed by atoms with van der Waals surface area (Å²) >= 11 is 0. The van der Waals surface area contributed by atoms with E-state index in [2.05, 4.69) is 74.5 Å². The van der Waals surface area contributed by atoms with Crippen molar-refractivity contribution in [3.8, 4) is 22.6 Å². The first kappa shape index (κ1) is 27.5. The van der Waals surface area contributed by atoms with Crippen molar-refractivity contribution in [1.82, 2.24) is 0 Å². The van der Waals surface area contributed by atoms with Crippen molar-refractivity contribution < 1.29 is 32.9 Å². The summed E-state index contributed by atoms with van der Waals surface area (Å²) in [4.78, 5) is 8.56. The van der Waals surface area contributed by atoms with Crippen LogP contribution in [0.3, 0.4) is 0 Å². The minimum atomic E-state index is -2.89. The highest BCUT2D eigenvalue weighted by molar-refractivity contribution is 7.91. The lowest BCUT2D eigenvalue weighted by Gasteiger charge is -2.24. The largest absolute Gasteiger partial charge is 0.503 e. The zero-order valence-corrected chi connectivity index (χ0v) is 22.5. The van der Waals surface area contributed by atoms with Crippen LogP contribution in [0.15, 0.2) is 60.7 Å². The molecule has 5 rings (SSSR count). The minimum Gasteiger partial charge on any atom is -0.490 e. The van der Waals surface area contributed by atoms with Gasteiger partial charge in [0.2, 0.25) is 0 Å². The Kier molecular flexibility index (Phi) is 8.62. The predicted octanol–water partition coefficient (Wildman–Crippen LogP) is 6.61. The summed E-state index contributed by atoms with van der Waals surface area (Å²) in [6.07, 6.45) is 1.88. The number of rotatable bonds is 7. The van der Waals surface area contributed by atoms with E-state index in [9.17, 15) is 8.42 Å². The highest BCUT2D eigenvalue weighted by atomic mass is 32.2. The molecule has 1 saturated carbocycles. The standard InChI is InChI=1S/C29H32O4S.CH2O3/c1-20-16-28(33-27-12-14-34(30,31)15-13-27)17-21(2)29(20)25-5-3-4-22(18-25)19-32-26-10-8-24(9-11-26)23-6-7-23;2-1(3)4/h3-5,8-11,16-18,23,27H,6-7,12-15,19H2,1-2H3;(H2,2,3,4). The summed E-state index contributed by atoms with van der Waals surface area (Å²) in [5.41, 5.74) is 7.21. The molecule has 1 saturated heterocycles. The Morgan fingerprint density at radius 3 is 2.05 bits per heavy atom. The van der Waals surface area contributed by atoms with Gasteiger partial charge in [0.25, 0.3) is 0 Å². The van der Waals surface area contributed by atoms with Gasteiger partial charge in [-0.05, 0) is 109 Å². The van der Waals surface area contributed by atoms with E-state index >= 15 is 0 Å². The molecule has 0 amide bonds. The summed E-state index contributed by atoms with van der Waals surface area (Å²) in [7, 11) is -2.89. The van der Waals surface area contributed by atoms with E-state index in [4.69, 9.17) is 24.5 Å². The molecule has 38 heavy (non-hydrogen) atoms. The normalized spacial score (nSPS) is 16.7. The monoisotopic (exact) mass is 538 g/mol. The molecule has 0 atom stereocenters. The van der Waals surface area contributed by atoms with Gasteiger partial charge in [-0.2, -0.15) is 0 Å². The number of carboxylic acid groups (broad SMARTS) is 2. The lowest BCUT2D eigenvalue weighted by atomic mass is 9.94. The molecule has 2 aliphatic rings. The zero-order chi connectivity index (χ0) is 27.3. The fraction of sp³-hybridized carbons (Fsp3) is 0.367. The first-order valence-electron chi connectivity index (χ1n) is 12.8. The Morgan fingerprint density at radius 1 is 0.868 bits per heavy atom. The van der Waals surface area contributed by atoms with Crippen molar-refractivity contribution in [1.29, 1.82) is 0 Å². The molecule has 0 unspecified atom stereocenters. The topological polar surface area (TPSA) is 110 Å². The van der Waals surface area contributed by atoms with Crippen LogP contribution >= 0.6 is 0 Å². The molecule has 1 aliphatic carbocycles. The fourth-order valence-corrected chi connectivity index (χ4v) is 6.31. The van der Waals surface area contributed by atoms with Gasteiger partial charge >= 0.3 is 6.16 Å². The Bertz CT molecular complexity index is 1330. The summed E-state index contributed by atoms with van der Waals surface area (Å²) in [6, 6.07) is 21.2. The van der Waals surface area contributed by atoms with E-state index in [1.807, 2.05) is 0 Å². The van der Waals surface area contributed by atoms with Crippen molar-refractivity contribution in [2.75, 3.05) is 11.5 Å². The summed E-state index contributed by atoms with van der Waals surface area (Å²) in [5, 5.41) is 13.9. The first-order valence-corrected chi connectivity index (χ1v) is 14.6. The van der Waals surface area contributed by atoms with E-state index in [0.717, 1.165) is 39.7 Å². The highest BCUT2D eigenvalue weighted by Crippen LogP contribution is 2.40. The lowest BCUT2D eigenvalue weighted by molar-refractivity contribution is 0.137. The Morgan fingerprint density at radius 2 is 1.47 bits per heavy atom. The molecular formula is C30H34O7S. The van der Waals surface area contributed by atoms with E-state index < -0.39 is 16.0 Å². The average molecular weight is 539 g/mol. The van der Waals surface area contributed by atoms with Crippen LogP contribution in [0.5, 0.6) is 11.5 Å². The number of hydrogen-bond acceptors (Lipinski definition) is 5. The molecule has 3 aromatic carbocycles. The summed E-state index contributed by atoms with van der Waals surface area (Å²) in [6.45, 7) is 4.73. The second-order valence-corrected chi connectivity index (χ2v) is 12.3. The summed E-state index contributed by atoms with van der Waals surface area (Å²) in [5.74, 6) is 2.91. The van der Waals surface area contributed by atoms with Crippen LogP contribution in [-0.4, -0.2) is 42.4 Å². The van der Waals surface area contributed by atoms with Crippen LogP contribution < -0.4 is 9.47 Å². The third-order valence-corrected chi connectivity index (χ3v) is 8.58. The van der Waals surface area contributed by atoms with Crippen LogP contribution in [0.4, 0.5) is 4.79 Å². The van der Waals surface area contributed by atoms with Crippen LogP contribution in [0.2, 0.25) is 0 Å². The van der Waals surface area contributed by atoms with Gasteiger partial charge in [-0.3, -0.25) is 0 Å². The smallest absolute Gasteiger partial charge is 0.490 e. The van der Waals surface area contributed by atoms with Crippen molar-refractivity contribution in [2.24, 2.45) is 0 Å². The SMILES string of the molecule is Cc1cc(OC2CCS(=O)(=O)CC2)cc(C)c1-c1cccc(COc2ccc(C3CC3)cc2)c1.O=C(O)O. The number of ether oxygens (including phenoxy) is 2. The van der Waals surface area contributed by atoms with Gasteiger partial charge < -0.3 is 19.7 Å². The van der Waals surface area contributed by atoms with Gasteiger partial charge in [-0.15, -0.1) is 0 Å². The maximum atomic E-state index is 11.7. The van der Waals surface area contributed by atoms with Gasteiger partial charge in [-0.25, -0.2) is 13.2 Å². The number of aryl methyl sites for hydroxylation is 2. The number of hydrogen-bond donors (Lipinski definition) is 2. The van der Waals surface area contributed by atoms with E-state index in [1.165, 1.54) is 24.0 Å². The van der Waals surface area contributed by atoms with Crippen LogP contribution in [0, 0.1) is 13.8 Å². The van der Waals surface area contributed by atoms with Gasteiger partial charge in [-0.1, -0.05) is 30.3 Å². The predicted molar refractivity (Wildman–Crippen MR) is 147 cm³/mol. The van der Waals surface area contributed by atoms with Crippen LogP contribution in [-0.2, 0) is 16.4 Å². The van der Waals surface area contributed by atoms with Crippen LogP contribution in [0.25, 0.3) is 11.1 Å². The molecule has 0 bridgehead atoms. The second-order valence-electron chi connectivity index (χ2n) is 10.0. The Hall–Kier alpha value is -3.52. The zero-order valence-electron chi connectivity index (χ0n) is 21.7. The average Bonchev–Trinajstić information content (AvgIpc) is 3.70. The van der Waals surface area contributed by atoms with Crippen molar-refractivity contribution in [2.45, 2.75) is 58.2 Å². The molecule has 202 valence electrons. The molecule has 0 radical (unpaired) electrons.